The molecule has 0 unspecified atom stereocenters. The lowest BCUT2D eigenvalue weighted by Crippen LogP contribution is -1.93. The van der Waals surface area contributed by atoms with Gasteiger partial charge in [-0.25, -0.2) is 0 Å². The Balaban J connectivity index is 0.000000137. The number of hydrogen-bond acceptors (Lipinski definition) is 1. The van der Waals surface area contributed by atoms with Gasteiger partial charge in [-0.3, -0.25) is 4.98 Å². The van der Waals surface area contributed by atoms with Gasteiger partial charge in [0, 0.05) is 46.3 Å². The van der Waals surface area contributed by atoms with Gasteiger partial charge >= 0.3 is 0 Å². The molecular weight excluding hydrogens is 1060 g/mol. The van der Waals surface area contributed by atoms with Crippen molar-refractivity contribution in [2.45, 2.75) is 103 Å². The predicted molar refractivity (Wildman–Crippen MR) is 385 cm³/mol. The van der Waals surface area contributed by atoms with Gasteiger partial charge < -0.3 is 9.13 Å². The van der Waals surface area contributed by atoms with E-state index in [4.69, 9.17) is 0 Å². The zero-order valence-electron chi connectivity index (χ0n) is 54.7. The smallest absolute Gasteiger partial charge is 0.0541 e. The number of aryl methyl sites for hydroxylation is 12. The first-order chi connectivity index (χ1) is 42.3. The first-order valence-corrected chi connectivity index (χ1v) is 30.9. The molecule has 0 spiro atoms. The second-order valence-corrected chi connectivity index (χ2v) is 23.9. The maximum absolute atomic E-state index is 4.23. The largest absolute Gasteiger partial charge is 0.352 e. The monoisotopic (exact) mass is 1150 g/mol. The van der Waals surface area contributed by atoms with E-state index in [0.717, 1.165) is 11.4 Å². The molecular formula is C85H89N3. The van der Waals surface area contributed by atoms with Crippen molar-refractivity contribution in [3.63, 3.8) is 0 Å². The third-order valence-corrected chi connectivity index (χ3v) is 16.0. The van der Waals surface area contributed by atoms with Crippen molar-refractivity contribution in [2.24, 2.45) is 7.05 Å². The minimum absolute atomic E-state index is 0.653. The molecule has 0 fully saturated rings. The molecule has 3 aromatic heterocycles. The summed E-state index contributed by atoms with van der Waals surface area (Å²) in [5.74, 6) is 0.653. The summed E-state index contributed by atoms with van der Waals surface area (Å²) >= 11 is 0. The lowest BCUT2D eigenvalue weighted by Gasteiger charge is -2.10. The molecule has 3 heteroatoms. The molecule has 14 aromatic rings. The van der Waals surface area contributed by atoms with E-state index < -0.39 is 0 Å². The van der Waals surface area contributed by atoms with Crippen LogP contribution in [0.3, 0.4) is 0 Å². The summed E-state index contributed by atoms with van der Waals surface area (Å²) in [6, 6.07) is 92.8. The number of pyridine rings is 1. The van der Waals surface area contributed by atoms with Gasteiger partial charge in [0.15, 0.2) is 0 Å². The number of para-hydroxylation sites is 2. The molecule has 0 aliphatic rings. The highest BCUT2D eigenvalue weighted by atomic mass is 15.0. The summed E-state index contributed by atoms with van der Waals surface area (Å²) in [4.78, 5) is 4.23. The van der Waals surface area contributed by atoms with Gasteiger partial charge in [0.1, 0.15) is 0 Å². The fourth-order valence-corrected chi connectivity index (χ4v) is 10.9. The average molecular weight is 1150 g/mol. The summed E-state index contributed by atoms with van der Waals surface area (Å²) in [5.41, 5.74) is 23.1. The van der Waals surface area contributed by atoms with Crippen LogP contribution in [0.25, 0.3) is 70.9 Å². The summed E-state index contributed by atoms with van der Waals surface area (Å²) in [5, 5.41) is 10.7. The second kappa shape index (κ2) is 30.7. The SMILES string of the molecule is Cc1cc(C)nc(C)c1.Cc1ccc(-c2cccc(C)c2)cc1.Cc1ccc(-n2c3ccccc3c3ccccc32)cc1.Cc1ccc(C(C)C)cc1.Cc1ccc(C)cc1.Cc1ccc(C)n1C.Cc1ccc2c3ccccc3c3ccccc3c2c1. The van der Waals surface area contributed by atoms with Gasteiger partial charge in [-0.05, 0) is 192 Å². The van der Waals surface area contributed by atoms with Crippen molar-refractivity contribution in [2.75, 3.05) is 0 Å². The van der Waals surface area contributed by atoms with Crippen molar-refractivity contribution in [3.05, 3.63) is 334 Å². The Bertz CT molecular complexity index is 4340. The highest BCUT2D eigenvalue weighted by molar-refractivity contribution is 6.25. The fourth-order valence-electron chi connectivity index (χ4n) is 10.9. The van der Waals surface area contributed by atoms with Crippen molar-refractivity contribution in [3.8, 4) is 16.8 Å². The van der Waals surface area contributed by atoms with Gasteiger partial charge in [-0.2, -0.15) is 0 Å². The number of nitrogens with zero attached hydrogens (tertiary/aromatic N) is 3. The van der Waals surface area contributed by atoms with Crippen molar-refractivity contribution >= 4 is 54.1 Å². The standard InChI is InChI=1S/C19H15N.C19H14.C14H14.C10H14.C8H11N.C8H10.C7H11N/c1-14-10-12-15(13-11-14)20-18-8-4-2-6-16(18)17-7-3-5-9-19(17)20;1-13-10-11-18-16-8-3-2-6-14(16)15-7-4-5-9-17(15)19(18)12-13;1-11-6-8-13(9-7-11)14-5-3-4-12(2)10-14;1-8(2)10-6-4-9(3)5-7-10;1-6-4-7(2)9-8(3)5-6;1-7-3-5-8(2)6-4-7;1-6-4-5-7(2)8(6)3/h2-13H,1H3;2-12H,1H3;3-10H,1-2H3;4-8H,1-3H3;4-5H,1-3H3;3-6H,1-2H3;4-5H,1-3H3. The Hall–Kier alpha value is -9.57. The summed E-state index contributed by atoms with van der Waals surface area (Å²) in [7, 11) is 2.07. The summed E-state index contributed by atoms with van der Waals surface area (Å²) in [6.45, 7) is 29.6. The molecule has 14 rings (SSSR count). The van der Waals surface area contributed by atoms with Gasteiger partial charge in [0.05, 0.1) is 11.0 Å². The van der Waals surface area contributed by atoms with Crippen LogP contribution in [0, 0.1) is 83.1 Å². The molecule has 3 heterocycles. The maximum atomic E-state index is 4.23. The number of rotatable bonds is 3. The quantitative estimate of drug-likeness (QED) is 0.162. The molecule has 0 bridgehead atoms. The number of hydrogen-bond donors (Lipinski definition) is 0. The van der Waals surface area contributed by atoms with Crippen LogP contribution >= 0.6 is 0 Å². The van der Waals surface area contributed by atoms with Crippen LogP contribution in [0.15, 0.2) is 261 Å². The Labute approximate surface area is 525 Å². The Morgan fingerprint density at radius 3 is 1.05 bits per heavy atom. The fraction of sp³-hybridized carbons (Fsp3) is 0.188. The molecule has 3 nitrogen and oxygen atoms in total. The van der Waals surface area contributed by atoms with Crippen molar-refractivity contribution < 1.29 is 0 Å². The van der Waals surface area contributed by atoms with Gasteiger partial charge in [0.2, 0.25) is 0 Å². The van der Waals surface area contributed by atoms with Crippen LogP contribution in [-0.2, 0) is 7.05 Å². The minimum Gasteiger partial charge on any atom is -0.352 e. The van der Waals surface area contributed by atoms with E-state index in [1.807, 2.05) is 13.8 Å². The van der Waals surface area contributed by atoms with Crippen molar-refractivity contribution in [1.82, 2.24) is 14.1 Å². The molecule has 0 amide bonds. The number of benzene rings is 11. The van der Waals surface area contributed by atoms with Crippen LogP contribution in [0.2, 0.25) is 0 Å². The molecule has 0 aliphatic carbocycles. The summed E-state index contributed by atoms with van der Waals surface area (Å²) < 4.78 is 4.50. The highest BCUT2D eigenvalue weighted by Crippen LogP contribution is 2.36. The molecule has 0 aliphatic heterocycles. The van der Waals surface area contributed by atoms with Crippen LogP contribution in [0.5, 0.6) is 0 Å². The molecule has 0 atom stereocenters. The van der Waals surface area contributed by atoms with Gasteiger partial charge in [-0.1, -0.05) is 265 Å². The first-order valence-electron chi connectivity index (χ1n) is 30.9. The van der Waals surface area contributed by atoms with Gasteiger partial charge in [-0.15, -0.1) is 0 Å². The van der Waals surface area contributed by atoms with Crippen LogP contribution in [0.1, 0.15) is 92.6 Å². The van der Waals surface area contributed by atoms with Gasteiger partial charge in [0.25, 0.3) is 0 Å². The van der Waals surface area contributed by atoms with E-state index in [1.54, 1.807) is 0 Å². The molecule has 11 aromatic carbocycles. The highest BCUT2D eigenvalue weighted by Gasteiger charge is 2.11. The number of aromatic nitrogens is 3. The van der Waals surface area contributed by atoms with E-state index in [1.165, 1.54) is 132 Å². The van der Waals surface area contributed by atoms with Crippen LogP contribution in [-0.4, -0.2) is 14.1 Å². The van der Waals surface area contributed by atoms with E-state index in [0.29, 0.717) is 5.92 Å². The third-order valence-electron chi connectivity index (χ3n) is 16.0. The normalized spacial score (nSPS) is 10.5. The minimum atomic E-state index is 0.653. The summed E-state index contributed by atoms with van der Waals surface area (Å²) in [6.07, 6.45) is 0. The zero-order valence-corrected chi connectivity index (χ0v) is 54.7. The lowest BCUT2D eigenvalue weighted by molar-refractivity contribution is 0.844. The Kier molecular flexibility index (Phi) is 22.5. The average Bonchev–Trinajstić information content (AvgIpc) is 1.73. The Morgan fingerprint density at radius 2 is 0.636 bits per heavy atom. The third kappa shape index (κ3) is 17.3. The Morgan fingerprint density at radius 1 is 0.273 bits per heavy atom. The van der Waals surface area contributed by atoms with E-state index in [9.17, 15) is 0 Å². The van der Waals surface area contributed by atoms with Crippen LogP contribution in [0.4, 0.5) is 0 Å². The van der Waals surface area contributed by atoms with Crippen molar-refractivity contribution in [1.29, 1.82) is 0 Å². The number of fused-ring (bicyclic) bond motifs is 9. The molecule has 88 heavy (non-hydrogen) atoms. The topological polar surface area (TPSA) is 22.8 Å². The lowest BCUT2D eigenvalue weighted by atomic mass is 9.93. The van der Waals surface area contributed by atoms with E-state index >= 15 is 0 Å². The predicted octanol–water partition coefficient (Wildman–Crippen LogP) is 23.6. The van der Waals surface area contributed by atoms with E-state index in [-0.39, 0.29) is 0 Å². The first kappa shape index (κ1) is 64.4. The molecule has 444 valence electrons. The van der Waals surface area contributed by atoms with E-state index in [2.05, 4.69) is 365 Å². The molecule has 0 N–H and O–H groups in total. The zero-order chi connectivity index (χ0) is 62.9. The second-order valence-electron chi connectivity index (χ2n) is 23.9. The maximum Gasteiger partial charge on any atom is 0.0541 e. The molecule has 0 radical (unpaired) electrons. The van der Waals surface area contributed by atoms with Crippen LogP contribution < -0.4 is 0 Å². The molecule has 0 saturated heterocycles. The molecule has 0 saturated carbocycles.